The van der Waals surface area contributed by atoms with E-state index in [1.165, 1.54) is 29.5 Å². The molecule has 0 radical (unpaired) electrons. The summed E-state index contributed by atoms with van der Waals surface area (Å²) in [7, 11) is 0. The zero-order valence-electron chi connectivity index (χ0n) is 21.1. The summed E-state index contributed by atoms with van der Waals surface area (Å²) >= 11 is 6.01. The van der Waals surface area contributed by atoms with Crippen LogP contribution in [0.15, 0.2) is 42.5 Å². The Balaban J connectivity index is 1.09. The van der Waals surface area contributed by atoms with Gasteiger partial charge in [-0.3, -0.25) is 9.59 Å². The molecule has 0 aliphatic carbocycles. The third-order valence-electron chi connectivity index (χ3n) is 8.16. The maximum absolute atomic E-state index is 13.0. The predicted molar refractivity (Wildman–Crippen MR) is 143 cm³/mol. The van der Waals surface area contributed by atoms with Crippen molar-refractivity contribution in [3.05, 3.63) is 69.7 Å². The number of likely N-dealkylation sites (tertiary alicyclic amines) is 1. The molecule has 3 aliphatic heterocycles. The van der Waals surface area contributed by atoms with Crippen LogP contribution in [-0.2, 0) is 22.4 Å². The monoisotopic (exact) mass is 508 g/mol. The van der Waals surface area contributed by atoms with Gasteiger partial charge >= 0.3 is 0 Å². The molecule has 36 heavy (non-hydrogen) atoms. The number of ketones is 1. The van der Waals surface area contributed by atoms with Gasteiger partial charge in [0.25, 0.3) is 0 Å². The van der Waals surface area contributed by atoms with Crippen molar-refractivity contribution in [3.8, 4) is 0 Å². The standard InChI is InChI=1S/C30H37ClN2O3/c31-27-7-5-22(6-8-27)24-13-17-33(18-14-24)30(35)10-9-29(34)26-4-3-23-11-15-32(16-12-25(23)20-26)21-28-2-1-19-36-28/h3-8,20,24,28H,1-2,9-19,21H2. The van der Waals surface area contributed by atoms with Crippen molar-refractivity contribution < 1.29 is 14.3 Å². The third-order valence-corrected chi connectivity index (χ3v) is 8.42. The second-order valence-corrected chi connectivity index (χ2v) is 11.0. The lowest BCUT2D eigenvalue weighted by atomic mass is 9.89. The number of Topliss-reactive ketones (excluding diaryl/α,β-unsaturated/α-hetero) is 1. The van der Waals surface area contributed by atoms with Crippen molar-refractivity contribution in [2.24, 2.45) is 0 Å². The van der Waals surface area contributed by atoms with E-state index in [-0.39, 0.29) is 24.5 Å². The molecule has 2 fully saturated rings. The lowest BCUT2D eigenvalue weighted by Gasteiger charge is -2.32. The van der Waals surface area contributed by atoms with Gasteiger partial charge in [0.2, 0.25) is 5.91 Å². The molecule has 2 aromatic rings. The number of hydrogen-bond acceptors (Lipinski definition) is 4. The summed E-state index contributed by atoms with van der Waals surface area (Å²) in [5.74, 6) is 0.634. The number of ether oxygens (including phenoxy) is 1. The Morgan fingerprint density at radius 3 is 2.36 bits per heavy atom. The number of rotatable bonds is 7. The normalized spacial score (nSPS) is 21.2. The van der Waals surface area contributed by atoms with Crippen molar-refractivity contribution in [3.63, 3.8) is 0 Å². The zero-order valence-corrected chi connectivity index (χ0v) is 21.8. The molecule has 5 nitrogen and oxygen atoms in total. The van der Waals surface area contributed by atoms with Crippen LogP contribution in [0.2, 0.25) is 5.02 Å². The highest BCUT2D eigenvalue weighted by atomic mass is 35.5. The Labute approximate surface area is 219 Å². The van der Waals surface area contributed by atoms with Crippen molar-refractivity contribution >= 4 is 23.3 Å². The maximum atomic E-state index is 13.0. The first-order valence-corrected chi connectivity index (χ1v) is 13.9. The molecular formula is C30H37ClN2O3. The molecule has 6 heteroatoms. The second-order valence-electron chi connectivity index (χ2n) is 10.5. The van der Waals surface area contributed by atoms with Crippen LogP contribution in [-0.4, -0.2) is 66.9 Å². The average Bonchev–Trinajstić information content (AvgIpc) is 3.34. The number of halogens is 1. The van der Waals surface area contributed by atoms with Gasteiger partial charge in [-0.2, -0.15) is 0 Å². The number of nitrogens with zero attached hydrogens (tertiary/aromatic N) is 2. The highest BCUT2D eigenvalue weighted by Gasteiger charge is 2.25. The molecule has 192 valence electrons. The molecule has 3 heterocycles. The summed E-state index contributed by atoms with van der Waals surface area (Å²) in [4.78, 5) is 30.2. The Hall–Kier alpha value is -2.21. The van der Waals surface area contributed by atoms with Gasteiger partial charge in [0.05, 0.1) is 6.10 Å². The van der Waals surface area contributed by atoms with E-state index in [4.69, 9.17) is 16.3 Å². The fourth-order valence-corrected chi connectivity index (χ4v) is 6.05. The maximum Gasteiger partial charge on any atom is 0.223 e. The van der Waals surface area contributed by atoms with Crippen LogP contribution in [0.4, 0.5) is 0 Å². The van der Waals surface area contributed by atoms with Crippen LogP contribution in [0.1, 0.15) is 71.5 Å². The Bertz CT molecular complexity index is 1060. The molecule has 0 spiro atoms. The molecule has 2 saturated heterocycles. The van der Waals surface area contributed by atoms with Gasteiger partial charge in [0.15, 0.2) is 5.78 Å². The highest BCUT2D eigenvalue weighted by molar-refractivity contribution is 6.30. The first-order valence-electron chi connectivity index (χ1n) is 13.6. The molecule has 1 unspecified atom stereocenters. The molecule has 3 aliphatic rings. The van der Waals surface area contributed by atoms with Crippen molar-refractivity contribution in [1.82, 2.24) is 9.80 Å². The van der Waals surface area contributed by atoms with Gasteiger partial charge < -0.3 is 14.5 Å². The number of carbonyl (C=O) groups excluding carboxylic acids is 2. The number of hydrogen-bond donors (Lipinski definition) is 0. The first-order chi connectivity index (χ1) is 17.5. The molecular weight excluding hydrogens is 472 g/mol. The van der Waals surface area contributed by atoms with Crippen LogP contribution in [0, 0.1) is 0 Å². The fourth-order valence-electron chi connectivity index (χ4n) is 5.92. The minimum Gasteiger partial charge on any atom is -0.377 e. The van der Waals surface area contributed by atoms with E-state index in [9.17, 15) is 9.59 Å². The SMILES string of the molecule is O=C(CCC(=O)N1CCC(c2ccc(Cl)cc2)CC1)c1ccc2c(c1)CCN(CC1CCCO1)CC2. The van der Waals surface area contributed by atoms with Gasteiger partial charge in [-0.15, -0.1) is 0 Å². The molecule has 0 aromatic heterocycles. The molecule has 2 aromatic carbocycles. The Morgan fingerprint density at radius 2 is 1.64 bits per heavy atom. The van der Waals surface area contributed by atoms with Crippen molar-refractivity contribution in [1.29, 1.82) is 0 Å². The smallest absolute Gasteiger partial charge is 0.223 e. The molecule has 0 N–H and O–H groups in total. The number of piperidine rings is 1. The molecule has 0 saturated carbocycles. The van der Waals surface area contributed by atoms with Crippen molar-refractivity contribution in [2.45, 2.75) is 63.4 Å². The molecule has 1 amide bonds. The Kier molecular flexibility index (Phi) is 8.40. The highest BCUT2D eigenvalue weighted by Crippen LogP contribution is 2.29. The third kappa shape index (κ3) is 6.37. The summed E-state index contributed by atoms with van der Waals surface area (Å²) in [6.45, 7) is 5.47. The lowest BCUT2D eigenvalue weighted by molar-refractivity contribution is -0.132. The summed E-state index contributed by atoms with van der Waals surface area (Å²) < 4.78 is 5.82. The molecule has 5 rings (SSSR count). The van der Waals surface area contributed by atoms with E-state index in [1.807, 2.05) is 23.1 Å². The van der Waals surface area contributed by atoms with Crippen LogP contribution < -0.4 is 0 Å². The van der Waals surface area contributed by atoms with E-state index in [0.717, 1.165) is 75.6 Å². The quantitative estimate of drug-likeness (QED) is 0.477. The number of benzene rings is 2. The van der Waals surface area contributed by atoms with Gasteiger partial charge in [-0.25, -0.2) is 0 Å². The topological polar surface area (TPSA) is 49.9 Å². The van der Waals surface area contributed by atoms with E-state index < -0.39 is 0 Å². The van der Waals surface area contributed by atoms with Crippen LogP contribution in [0.3, 0.4) is 0 Å². The van der Waals surface area contributed by atoms with Gasteiger partial charge in [-0.05, 0) is 79.3 Å². The van der Waals surface area contributed by atoms with Crippen molar-refractivity contribution in [2.75, 3.05) is 39.3 Å². The molecule has 0 bridgehead atoms. The van der Waals surface area contributed by atoms with Gasteiger partial charge in [0.1, 0.15) is 0 Å². The Morgan fingerprint density at radius 1 is 0.889 bits per heavy atom. The largest absolute Gasteiger partial charge is 0.377 e. The first kappa shape index (κ1) is 25.4. The van der Waals surface area contributed by atoms with Crippen LogP contribution in [0.5, 0.6) is 0 Å². The van der Waals surface area contributed by atoms with Crippen LogP contribution >= 0.6 is 11.6 Å². The average molecular weight is 509 g/mol. The summed E-state index contributed by atoms with van der Waals surface area (Å²) in [6, 6.07) is 14.2. The second kappa shape index (κ2) is 11.9. The van der Waals surface area contributed by atoms with Gasteiger partial charge in [0, 0.05) is 62.8 Å². The van der Waals surface area contributed by atoms with E-state index in [1.54, 1.807) is 0 Å². The number of carbonyl (C=O) groups is 2. The lowest BCUT2D eigenvalue weighted by Crippen LogP contribution is -2.38. The van der Waals surface area contributed by atoms with E-state index in [2.05, 4.69) is 29.2 Å². The number of fused-ring (bicyclic) bond motifs is 1. The van der Waals surface area contributed by atoms with Crippen LogP contribution in [0.25, 0.3) is 0 Å². The predicted octanol–water partition coefficient (Wildman–Crippen LogP) is 5.29. The zero-order chi connectivity index (χ0) is 24.9. The van der Waals surface area contributed by atoms with E-state index >= 15 is 0 Å². The minimum absolute atomic E-state index is 0.0719. The summed E-state index contributed by atoms with van der Waals surface area (Å²) in [6.07, 6.45) is 7.17. The van der Waals surface area contributed by atoms with E-state index in [0.29, 0.717) is 12.0 Å². The fraction of sp³-hybridized carbons (Fsp3) is 0.533. The minimum atomic E-state index is 0.0719. The summed E-state index contributed by atoms with van der Waals surface area (Å²) in [5.41, 5.74) is 4.67. The van der Waals surface area contributed by atoms with Gasteiger partial charge in [-0.1, -0.05) is 35.9 Å². The number of amides is 1. The molecule has 1 atom stereocenters. The summed E-state index contributed by atoms with van der Waals surface area (Å²) in [5, 5.41) is 0.752.